The molecule has 0 bridgehead atoms. The molecule has 4 atom stereocenters. The monoisotopic (exact) mass is 314 g/mol. The highest BCUT2D eigenvalue weighted by molar-refractivity contribution is 5.07. The van der Waals surface area contributed by atoms with E-state index in [-0.39, 0.29) is 43.2 Å². The highest BCUT2D eigenvalue weighted by Gasteiger charge is 2.58. The molecule has 2 aliphatic carbocycles. The van der Waals surface area contributed by atoms with Gasteiger partial charge in [-0.15, -0.1) is 0 Å². The quantitative estimate of drug-likeness (QED) is 0.580. The predicted octanol–water partition coefficient (Wildman–Crippen LogP) is 2.09. The maximum absolute atomic E-state index is 10.4. The van der Waals surface area contributed by atoms with Gasteiger partial charge in [0.15, 0.2) is 0 Å². The molecule has 0 amide bonds. The molecule has 2 rings (SSSR count). The summed E-state index contributed by atoms with van der Waals surface area (Å²) >= 11 is 0. The minimum absolute atomic E-state index is 0.0974. The molecule has 0 saturated heterocycles. The summed E-state index contributed by atoms with van der Waals surface area (Å²) in [6.45, 7) is 0.519. The SMILES string of the molecule is OCCC1CCCCC1(CCO)C1(CO)CCCCC1CO. The van der Waals surface area contributed by atoms with Crippen LogP contribution in [0.25, 0.3) is 0 Å². The van der Waals surface area contributed by atoms with E-state index in [1.165, 1.54) is 6.42 Å². The third-order valence-electron chi connectivity index (χ3n) is 6.94. The molecule has 4 unspecified atom stereocenters. The topological polar surface area (TPSA) is 80.9 Å². The molecule has 130 valence electrons. The van der Waals surface area contributed by atoms with Gasteiger partial charge in [0.05, 0.1) is 0 Å². The van der Waals surface area contributed by atoms with Crippen LogP contribution in [0.4, 0.5) is 0 Å². The summed E-state index contributed by atoms with van der Waals surface area (Å²) in [5.74, 6) is 0.467. The van der Waals surface area contributed by atoms with E-state index >= 15 is 0 Å². The number of aliphatic hydroxyl groups is 4. The van der Waals surface area contributed by atoms with Crippen molar-refractivity contribution in [2.24, 2.45) is 22.7 Å². The second kappa shape index (κ2) is 8.09. The zero-order valence-electron chi connectivity index (χ0n) is 13.8. The summed E-state index contributed by atoms with van der Waals surface area (Å²) in [4.78, 5) is 0. The van der Waals surface area contributed by atoms with Gasteiger partial charge in [-0.1, -0.05) is 25.7 Å². The normalized spacial score (nSPS) is 39.8. The smallest absolute Gasteiger partial charge is 0.0496 e. The molecule has 2 fully saturated rings. The van der Waals surface area contributed by atoms with Crippen molar-refractivity contribution in [2.75, 3.05) is 26.4 Å². The first-order chi connectivity index (χ1) is 10.7. The van der Waals surface area contributed by atoms with Gasteiger partial charge in [-0.05, 0) is 55.8 Å². The number of rotatable bonds is 7. The van der Waals surface area contributed by atoms with Gasteiger partial charge in [-0.3, -0.25) is 0 Å². The Hall–Kier alpha value is -0.160. The minimum Gasteiger partial charge on any atom is -0.396 e. The van der Waals surface area contributed by atoms with Crippen LogP contribution in [0.1, 0.15) is 64.2 Å². The first kappa shape index (κ1) is 18.2. The maximum atomic E-state index is 10.4. The van der Waals surface area contributed by atoms with Crippen molar-refractivity contribution in [3.63, 3.8) is 0 Å². The number of hydrogen-bond acceptors (Lipinski definition) is 4. The molecule has 0 aliphatic heterocycles. The molecule has 0 heterocycles. The van der Waals surface area contributed by atoms with Crippen molar-refractivity contribution in [3.05, 3.63) is 0 Å². The van der Waals surface area contributed by atoms with Crippen molar-refractivity contribution in [2.45, 2.75) is 64.2 Å². The summed E-state index contributed by atoms with van der Waals surface area (Å²) in [5, 5.41) is 39.7. The van der Waals surface area contributed by atoms with E-state index in [1.807, 2.05) is 0 Å². The molecule has 22 heavy (non-hydrogen) atoms. The largest absolute Gasteiger partial charge is 0.396 e. The summed E-state index contributed by atoms with van der Waals surface area (Å²) in [6, 6.07) is 0. The van der Waals surface area contributed by atoms with E-state index in [2.05, 4.69) is 0 Å². The summed E-state index contributed by atoms with van der Waals surface area (Å²) in [7, 11) is 0. The van der Waals surface area contributed by atoms with Crippen LogP contribution >= 0.6 is 0 Å². The van der Waals surface area contributed by atoms with Crippen LogP contribution in [-0.2, 0) is 0 Å². The lowest BCUT2D eigenvalue weighted by molar-refractivity contribution is -0.161. The number of hydrogen-bond donors (Lipinski definition) is 4. The molecular formula is C18H34O4. The van der Waals surface area contributed by atoms with Crippen LogP contribution in [0.2, 0.25) is 0 Å². The van der Waals surface area contributed by atoms with Gasteiger partial charge in [0.1, 0.15) is 0 Å². The van der Waals surface area contributed by atoms with E-state index in [1.54, 1.807) is 0 Å². The molecule has 4 N–H and O–H groups in total. The first-order valence-corrected chi connectivity index (χ1v) is 9.14. The van der Waals surface area contributed by atoms with Crippen molar-refractivity contribution in [1.29, 1.82) is 0 Å². The molecular weight excluding hydrogens is 280 g/mol. The maximum Gasteiger partial charge on any atom is 0.0496 e. The fourth-order valence-corrected chi connectivity index (χ4v) is 5.92. The summed E-state index contributed by atoms with van der Waals surface area (Å²) in [6.07, 6.45) is 9.94. The van der Waals surface area contributed by atoms with E-state index in [4.69, 9.17) is 0 Å². The van der Waals surface area contributed by atoms with E-state index in [0.717, 1.165) is 51.4 Å². The van der Waals surface area contributed by atoms with Gasteiger partial charge in [0, 0.05) is 31.8 Å². The van der Waals surface area contributed by atoms with Gasteiger partial charge in [0.25, 0.3) is 0 Å². The fourth-order valence-electron chi connectivity index (χ4n) is 5.92. The van der Waals surface area contributed by atoms with Crippen molar-refractivity contribution in [3.8, 4) is 0 Å². The summed E-state index contributed by atoms with van der Waals surface area (Å²) < 4.78 is 0. The minimum atomic E-state index is -0.289. The second-order valence-corrected chi connectivity index (χ2v) is 7.52. The average Bonchev–Trinajstić information content (AvgIpc) is 2.56. The first-order valence-electron chi connectivity index (χ1n) is 9.14. The van der Waals surface area contributed by atoms with E-state index in [0.29, 0.717) is 12.3 Å². The Morgan fingerprint density at radius 2 is 1.36 bits per heavy atom. The Balaban J connectivity index is 2.44. The zero-order valence-corrected chi connectivity index (χ0v) is 13.8. The molecule has 2 saturated carbocycles. The van der Waals surface area contributed by atoms with Crippen molar-refractivity contribution in [1.82, 2.24) is 0 Å². The Kier molecular flexibility index (Phi) is 6.69. The van der Waals surface area contributed by atoms with Crippen LogP contribution in [0.15, 0.2) is 0 Å². The third-order valence-corrected chi connectivity index (χ3v) is 6.94. The van der Waals surface area contributed by atoms with Gasteiger partial charge < -0.3 is 20.4 Å². The van der Waals surface area contributed by atoms with Crippen molar-refractivity contribution >= 4 is 0 Å². The van der Waals surface area contributed by atoms with Crippen LogP contribution in [0.5, 0.6) is 0 Å². The molecule has 2 aliphatic rings. The van der Waals surface area contributed by atoms with Gasteiger partial charge >= 0.3 is 0 Å². The Labute approximate surface area is 134 Å². The fraction of sp³-hybridized carbons (Fsp3) is 1.00. The molecule has 0 aromatic heterocycles. The molecule has 0 aromatic carbocycles. The van der Waals surface area contributed by atoms with E-state index in [9.17, 15) is 20.4 Å². The molecule has 0 radical (unpaired) electrons. The lowest BCUT2D eigenvalue weighted by Crippen LogP contribution is -2.57. The molecule has 0 aromatic rings. The third kappa shape index (κ3) is 2.95. The Bertz CT molecular complexity index is 329. The summed E-state index contributed by atoms with van der Waals surface area (Å²) in [5.41, 5.74) is -0.422. The highest BCUT2D eigenvalue weighted by Crippen LogP contribution is 2.63. The van der Waals surface area contributed by atoms with Gasteiger partial charge in [-0.25, -0.2) is 0 Å². The molecule has 4 heteroatoms. The zero-order chi connectivity index (χ0) is 16.1. The molecule has 4 nitrogen and oxygen atoms in total. The standard InChI is InChI=1S/C18H34O4/c19-11-7-15-5-1-3-8-17(15,10-12-20)18(14-22)9-4-2-6-16(18)13-21/h15-16,19-22H,1-14H2. The van der Waals surface area contributed by atoms with Crippen LogP contribution in [-0.4, -0.2) is 46.9 Å². The van der Waals surface area contributed by atoms with Crippen LogP contribution in [0, 0.1) is 22.7 Å². The highest BCUT2D eigenvalue weighted by atomic mass is 16.3. The van der Waals surface area contributed by atoms with E-state index < -0.39 is 0 Å². The van der Waals surface area contributed by atoms with Gasteiger partial charge in [-0.2, -0.15) is 0 Å². The molecule has 0 spiro atoms. The van der Waals surface area contributed by atoms with Crippen LogP contribution < -0.4 is 0 Å². The Morgan fingerprint density at radius 1 is 0.727 bits per heavy atom. The second-order valence-electron chi connectivity index (χ2n) is 7.52. The van der Waals surface area contributed by atoms with Gasteiger partial charge in [0.2, 0.25) is 0 Å². The van der Waals surface area contributed by atoms with Crippen LogP contribution in [0.3, 0.4) is 0 Å². The lowest BCUT2D eigenvalue weighted by atomic mass is 9.44. The predicted molar refractivity (Wildman–Crippen MR) is 86.4 cm³/mol. The Morgan fingerprint density at radius 3 is 1.91 bits per heavy atom. The van der Waals surface area contributed by atoms with Crippen molar-refractivity contribution < 1.29 is 20.4 Å². The average molecular weight is 314 g/mol. The number of aliphatic hydroxyl groups excluding tert-OH is 4. The lowest BCUT2D eigenvalue weighted by Gasteiger charge is -2.61.